The van der Waals surface area contributed by atoms with Crippen LogP contribution in [0.2, 0.25) is 0 Å². The minimum Gasteiger partial charge on any atom is -0.474 e. The van der Waals surface area contributed by atoms with Gasteiger partial charge in [-0.05, 0) is 94.1 Å². The molecular formula is C35H55NO4. The van der Waals surface area contributed by atoms with Crippen molar-refractivity contribution >= 4 is 17.3 Å². The third-order valence-electron chi connectivity index (χ3n) is 9.89. The molecule has 0 spiro atoms. The number of allylic oxidation sites excluding steroid dienone is 2. The zero-order valence-electron chi connectivity index (χ0n) is 26.2. The van der Waals surface area contributed by atoms with Crippen LogP contribution >= 0.6 is 0 Å². The van der Waals surface area contributed by atoms with Gasteiger partial charge in [0.15, 0.2) is 17.4 Å². The van der Waals surface area contributed by atoms with Crippen LogP contribution in [0.15, 0.2) is 37.3 Å². The van der Waals surface area contributed by atoms with Gasteiger partial charge < -0.3 is 10.1 Å². The number of rotatable bonds is 16. The highest BCUT2D eigenvalue weighted by Gasteiger charge is 2.69. The first-order valence-electron chi connectivity index (χ1n) is 15.8. The molecule has 5 nitrogen and oxygen atoms in total. The molecule has 3 aliphatic carbocycles. The first-order valence-corrected chi connectivity index (χ1v) is 15.8. The van der Waals surface area contributed by atoms with E-state index in [0.29, 0.717) is 36.6 Å². The normalized spacial score (nSPS) is 27.1. The SMILES string of the molecule is C=CCCC(=O)C(=C)C(CCC)CC(=O)C1C(C(=O)C(NC(=C)OC(C)(C)C)C2CCCCC2)CC2C1C2(C)C. The summed E-state index contributed by atoms with van der Waals surface area (Å²) in [5, 5.41) is 3.40. The number of carbonyl (C=O) groups excluding carboxylic acids is 3. The quantitative estimate of drug-likeness (QED) is 0.120. The lowest BCUT2D eigenvalue weighted by Gasteiger charge is -2.36. The van der Waals surface area contributed by atoms with E-state index in [-0.39, 0.29) is 52.4 Å². The zero-order valence-corrected chi connectivity index (χ0v) is 26.2. The number of nitrogens with one attached hydrogen (secondary N) is 1. The Labute approximate surface area is 243 Å². The van der Waals surface area contributed by atoms with Crippen molar-refractivity contribution < 1.29 is 19.1 Å². The Morgan fingerprint density at radius 1 is 1.10 bits per heavy atom. The maximum absolute atomic E-state index is 14.4. The lowest BCUT2D eigenvalue weighted by Crippen LogP contribution is -2.49. The van der Waals surface area contributed by atoms with Crippen molar-refractivity contribution in [3.8, 4) is 0 Å². The number of Topliss-reactive ketones (excluding diaryl/α,β-unsaturated/α-hetero) is 3. The van der Waals surface area contributed by atoms with E-state index >= 15 is 0 Å². The molecule has 0 radical (unpaired) electrons. The molecule has 0 aliphatic heterocycles. The first kappa shape index (κ1) is 32.3. The molecule has 40 heavy (non-hydrogen) atoms. The topological polar surface area (TPSA) is 72.5 Å². The van der Waals surface area contributed by atoms with Crippen LogP contribution in [0, 0.1) is 40.9 Å². The van der Waals surface area contributed by atoms with E-state index in [1.165, 1.54) is 6.42 Å². The van der Waals surface area contributed by atoms with Crippen LogP contribution in [0.4, 0.5) is 0 Å². The maximum Gasteiger partial charge on any atom is 0.180 e. The average molecular weight is 554 g/mol. The van der Waals surface area contributed by atoms with E-state index in [1.807, 2.05) is 20.8 Å². The molecule has 3 saturated carbocycles. The van der Waals surface area contributed by atoms with Gasteiger partial charge >= 0.3 is 0 Å². The molecule has 0 aromatic carbocycles. The van der Waals surface area contributed by atoms with Gasteiger partial charge in [-0.15, -0.1) is 6.58 Å². The van der Waals surface area contributed by atoms with Gasteiger partial charge in [0, 0.05) is 24.7 Å². The molecule has 5 heteroatoms. The summed E-state index contributed by atoms with van der Waals surface area (Å²) in [4.78, 5) is 41.3. The van der Waals surface area contributed by atoms with Crippen molar-refractivity contribution in [2.24, 2.45) is 40.9 Å². The number of fused-ring (bicyclic) bond motifs is 1. The Morgan fingerprint density at radius 2 is 1.75 bits per heavy atom. The molecular weight excluding hydrogens is 498 g/mol. The third-order valence-corrected chi connectivity index (χ3v) is 9.89. The Bertz CT molecular complexity index is 980. The summed E-state index contributed by atoms with van der Waals surface area (Å²) in [6.07, 6.45) is 10.9. The second kappa shape index (κ2) is 13.2. The smallest absolute Gasteiger partial charge is 0.180 e. The fraction of sp³-hybridized carbons (Fsp3) is 0.743. The summed E-state index contributed by atoms with van der Waals surface area (Å²) in [7, 11) is 0. The lowest BCUT2D eigenvalue weighted by atomic mass is 9.72. The van der Waals surface area contributed by atoms with Gasteiger partial charge in [-0.3, -0.25) is 14.4 Å². The van der Waals surface area contributed by atoms with Crippen LogP contribution in [0.5, 0.6) is 0 Å². The summed E-state index contributed by atoms with van der Waals surface area (Å²) in [5.74, 6) is 0.807. The molecule has 3 fully saturated rings. The summed E-state index contributed by atoms with van der Waals surface area (Å²) in [5.41, 5.74) is 0.212. The Morgan fingerprint density at radius 3 is 2.33 bits per heavy atom. The van der Waals surface area contributed by atoms with Crippen LogP contribution < -0.4 is 5.32 Å². The van der Waals surface area contributed by atoms with E-state index in [9.17, 15) is 14.4 Å². The van der Waals surface area contributed by atoms with Crippen LogP contribution in [0.3, 0.4) is 0 Å². The summed E-state index contributed by atoms with van der Waals surface area (Å²) in [6, 6.07) is -0.391. The van der Waals surface area contributed by atoms with Crippen LogP contribution in [-0.2, 0) is 19.1 Å². The Hall–Kier alpha value is -2.17. The number of hydrogen-bond acceptors (Lipinski definition) is 5. The number of hydrogen-bond donors (Lipinski definition) is 1. The van der Waals surface area contributed by atoms with E-state index in [2.05, 4.69) is 45.8 Å². The van der Waals surface area contributed by atoms with E-state index in [1.54, 1.807) is 6.08 Å². The Balaban J connectivity index is 1.83. The molecule has 6 unspecified atom stereocenters. The molecule has 3 aliphatic rings. The summed E-state index contributed by atoms with van der Waals surface area (Å²) >= 11 is 0. The van der Waals surface area contributed by atoms with E-state index < -0.39 is 11.6 Å². The number of ether oxygens (including phenoxy) is 1. The monoisotopic (exact) mass is 553 g/mol. The van der Waals surface area contributed by atoms with E-state index in [4.69, 9.17) is 4.74 Å². The highest BCUT2D eigenvalue weighted by atomic mass is 16.5. The molecule has 1 N–H and O–H groups in total. The van der Waals surface area contributed by atoms with E-state index in [0.717, 1.165) is 44.9 Å². The molecule has 0 bridgehead atoms. The molecule has 0 aromatic rings. The standard InChI is InChI=1S/C35H55NO4/c1-10-12-19-28(37)22(3)25(16-11-2)20-29(38)30-26(21-27-31(30)35(27,8)9)33(39)32(24-17-14-13-15-18-24)36-23(4)40-34(5,6)7/h10,24-27,30-32,36H,1,3-4,11-21H2,2,5-9H3. The van der Waals surface area contributed by atoms with Crippen LogP contribution in [0.25, 0.3) is 0 Å². The predicted molar refractivity (Wildman–Crippen MR) is 162 cm³/mol. The van der Waals surface area contributed by atoms with Crippen molar-refractivity contribution in [3.05, 3.63) is 37.3 Å². The maximum atomic E-state index is 14.4. The van der Waals surface area contributed by atoms with Crippen LogP contribution in [0.1, 0.15) is 112 Å². The molecule has 0 heterocycles. The second-order valence-electron chi connectivity index (χ2n) is 14.3. The van der Waals surface area contributed by atoms with Crippen molar-refractivity contribution in [1.29, 1.82) is 0 Å². The van der Waals surface area contributed by atoms with Gasteiger partial charge in [-0.1, -0.05) is 59.1 Å². The van der Waals surface area contributed by atoms with Gasteiger partial charge in [-0.25, -0.2) is 0 Å². The molecule has 3 rings (SSSR count). The Kier molecular flexibility index (Phi) is 10.7. The van der Waals surface area contributed by atoms with Crippen molar-refractivity contribution in [2.75, 3.05) is 0 Å². The molecule has 224 valence electrons. The third kappa shape index (κ3) is 7.56. The van der Waals surface area contributed by atoms with Crippen molar-refractivity contribution in [1.82, 2.24) is 5.32 Å². The highest BCUT2D eigenvalue weighted by Crippen LogP contribution is 2.71. The number of carbonyl (C=O) groups is 3. The van der Waals surface area contributed by atoms with Crippen molar-refractivity contribution in [2.45, 2.75) is 124 Å². The molecule has 6 atom stereocenters. The van der Waals surface area contributed by atoms with Crippen molar-refractivity contribution in [3.63, 3.8) is 0 Å². The fourth-order valence-electron chi connectivity index (χ4n) is 7.78. The predicted octanol–water partition coefficient (Wildman–Crippen LogP) is 7.76. The van der Waals surface area contributed by atoms with Gasteiger partial charge in [0.1, 0.15) is 11.4 Å². The average Bonchev–Trinajstić information content (AvgIpc) is 3.21. The minimum absolute atomic E-state index is 0.0220. The second-order valence-corrected chi connectivity index (χ2v) is 14.3. The molecule has 0 amide bonds. The fourth-order valence-corrected chi connectivity index (χ4v) is 7.78. The summed E-state index contributed by atoms with van der Waals surface area (Å²) in [6.45, 7) is 24.4. The van der Waals surface area contributed by atoms with Crippen LogP contribution in [-0.4, -0.2) is 29.0 Å². The first-order chi connectivity index (χ1) is 18.7. The van der Waals surface area contributed by atoms with Gasteiger partial charge in [0.2, 0.25) is 0 Å². The lowest BCUT2D eigenvalue weighted by molar-refractivity contribution is -0.135. The van der Waals surface area contributed by atoms with Gasteiger partial charge in [0.25, 0.3) is 0 Å². The number of ketones is 3. The van der Waals surface area contributed by atoms with Gasteiger partial charge in [-0.2, -0.15) is 0 Å². The molecule has 0 aromatic heterocycles. The highest BCUT2D eigenvalue weighted by molar-refractivity contribution is 5.97. The largest absolute Gasteiger partial charge is 0.474 e. The zero-order chi connectivity index (χ0) is 29.8. The molecule has 0 saturated heterocycles. The summed E-state index contributed by atoms with van der Waals surface area (Å²) < 4.78 is 5.99. The van der Waals surface area contributed by atoms with Gasteiger partial charge in [0.05, 0.1) is 6.04 Å². The minimum atomic E-state index is -0.415.